The monoisotopic (exact) mass is 253 g/mol. The quantitative estimate of drug-likeness (QED) is 0.595. The van der Waals surface area contributed by atoms with Crippen LogP contribution >= 0.6 is 0 Å². The third-order valence-electron chi connectivity index (χ3n) is 2.94. The van der Waals surface area contributed by atoms with Gasteiger partial charge < -0.3 is 5.73 Å². The summed E-state index contributed by atoms with van der Waals surface area (Å²) < 4.78 is 0. The Morgan fingerprint density at radius 2 is 1.47 bits per heavy atom. The van der Waals surface area contributed by atoms with Gasteiger partial charge in [0.05, 0.1) is 11.4 Å². The van der Waals surface area contributed by atoms with Gasteiger partial charge in [0.15, 0.2) is 0 Å². The first kappa shape index (κ1) is 13.3. The third kappa shape index (κ3) is 3.41. The SMILES string of the molecule is CC(C)(C)c1ccc(N=Nc2ccccc2N)cc1. The lowest BCUT2D eigenvalue weighted by atomic mass is 9.87. The predicted molar refractivity (Wildman–Crippen MR) is 80.2 cm³/mol. The highest BCUT2D eigenvalue weighted by Gasteiger charge is 2.12. The maximum atomic E-state index is 5.81. The fraction of sp³-hybridized carbons (Fsp3) is 0.250. The Morgan fingerprint density at radius 3 is 2.05 bits per heavy atom. The topological polar surface area (TPSA) is 50.7 Å². The Hall–Kier alpha value is -2.16. The van der Waals surface area contributed by atoms with Gasteiger partial charge in [0.25, 0.3) is 0 Å². The van der Waals surface area contributed by atoms with Crippen LogP contribution in [0.15, 0.2) is 58.8 Å². The minimum absolute atomic E-state index is 0.152. The highest BCUT2D eigenvalue weighted by atomic mass is 15.1. The van der Waals surface area contributed by atoms with E-state index in [-0.39, 0.29) is 5.41 Å². The van der Waals surface area contributed by atoms with Crippen LogP contribution in [0.1, 0.15) is 26.3 Å². The van der Waals surface area contributed by atoms with Gasteiger partial charge in [-0.05, 0) is 35.2 Å². The van der Waals surface area contributed by atoms with Crippen LogP contribution in [0.25, 0.3) is 0 Å². The molecule has 3 heteroatoms. The van der Waals surface area contributed by atoms with Gasteiger partial charge in [0.2, 0.25) is 0 Å². The van der Waals surface area contributed by atoms with Crippen molar-refractivity contribution in [2.45, 2.75) is 26.2 Å². The highest BCUT2D eigenvalue weighted by Crippen LogP contribution is 2.26. The van der Waals surface area contributed by atoms with Crippen LogP contribution in [-0.4, -0.2) is 0 Å². The Kier molecular flexibility index (Phi) is 3.65. The standard InChI is InChI=1S/C16H19N3/c1-16(2,3)12-8-10-13(11-9-12)18-19-15-7-5-4-6-14(15)17/h4-11H,17H2,1-3H3. The van der Waals surface area contributed by atoms with E-state index in [1.54, 1.807) is 0 Å². The van der Waals surface area contributed by atoms with E-state index in [1.165, 1.54) is 5.56 Å². The lowest BCUT2D eigenvalue weighted by Crippen LogP contribution is -2.10. The number of azo groups is 1. The van der Waals surface area contributed by atoms with Crippen LogP contribution in [0.2, 0.25) is 0 Å². The largest absolute Gasteiger partial charge is 0.397 e. The lowest BCUT2D eigenvalue weighted by molar-refractivity contribution is 0.590. The number of nitrogen functional groups attached to an aromatic ring is 1. The maximum Gasteiger partial charge on any atom is 0.109 e. The zero-order chi connectivity index (χ0) is 13.9. The molecule has 0 spiro atoms. The van der Waals surface area contributed by atoms with Crippen LogP contribution in [0.5, 0.6) is 0 Å². The summed E-state index contributed by atoms with van der Waals surface area (Å²) in [6.45, 7) is 6.57. The lowest BCUT2D eigenvalue weighted by Gasteiger charge is -2.18. The van der Waals surface area contributed by atoms with Crippen LogP contribution in [0, 0.1) is 0 Å². The summed E-state index contributed by atoms with van der Waals surface area (Å²) in [7, 11) is 0. The van der Waals surface area contributed by atoms with Gasteiger partial charge >= 0.3 is 0 Å². The molecule has 0 aromatic heterocycles. The third-order valence-corrected chi connectivity index (χ3v) is 2.94. The normalized spacial score (nSPS) is 11.9. The highest BCUT2D eigenvalue weighted by molar-refractivity contribution is 5.61. The van der Waals surface area contributed by atoms with Crippen molar-refractivity contribution in [2.75, 3.05) is 5.73 Å². The van der Waals surface area contributed by atoms with Gasteiger partial charge in [0, 0.05) is 0 Å². The average molecular weight is 253 g/mol. The molecule has 0 aliphatic carbocycles. The molecule has 0 atom stereocenters. The summed E-state index contributed by atoms with van der Waals surface area (Å²) in [4.78, 5) is 0. The van der Waals surface area contributed by atoms with Crippen LogP contribution in [0.4, 0.5) is 17.1 Å². The number of hydrogen-bond acceptors (Lipinski definition) is 3. The summed E-state index contributed by atoms with van der Waals surface area (Å²) in [6.07, 6.45) is 0. The van der Waals surface area contributed by atoms with Crippen molar-refractivity contribution < 1.29 is 0 Å². The van der Waals surface area contributed by atoms with E-state index in [2.05, 4.69) is 43.1 Å². The van der Waals surface area contributed by atoms with Gasteiger partial charge in [-0.25, -0.2) is 0 Å². The molecule has 2 aromatic rings. The molecular weight excluding hydrogens is 234 g/mol. The summed E-state index contributed by atoms with van der Waals surface area (Å²) >= 11 is 0. The van der Waals surface area contributed by atoms with Crippen molar-refractivity contribution in [3.8, 4) is 0 Å². The number of rotatable bonds is 2. The Morgan fingerprint density at radius 1 is 0.842 bits per heavy atom. The number of anilines is 1. The van der Waals surface area contributed by atoms with E-state index < -0.39 is 0 Å². The number of nitrogens with zero attached hydrogens (tertiary/aromatic N) is 2. The second-order valence-electron chi connectivity index (χ2n) is 5.56. The molecule has 0 fully saturated rings. The molecule has 19 heavy (non-hydrogen) atoms. The van der Waals surface area contributed by atoms with Crippen LogP contribution in [0.3, 0.4) is 0 Å². The van der Waals surface area contributed by atoms with Gasteiger partial charge in [-0.1, -0.05) is 45.0 Å². The van der Waals surface area contributed by atoms with Crippen LogP contribution in [-0.2, 0) is 5.41 Å². The summed E-state index contributed by atoms with van der Waals surface area (Å²) in [5, 5.41) is 8.37. The van der Waals surface area contributed by atoms with Gasteiger partial charge in [-0.3, -0.25) is 0 Å². The first-order valence-electron chi connectivity index (χ1n) is 6.33. The molecule has 0 saturated heterocycles. The molecule has 2 rings (SSSR count). The maximum absolute atomic E-state index is 5.81. The molecule has 0 aliphatic heterocycles. The number of hydrogen-bond donors (Lipinski definition) is 1. The predicted octanol–water partition coefficient (Wildman–Crippen LogP) is 4.98. The van der Waals surface area contributed by atoms with E-state index in [9.17, 15) is 0 Å². The smallest absolute Gasteiger partial charge is 0.109 e. The molecule has 0 unspecified atom stereocenters. The Bertz CT molecular complexity index is 578. The average Bonchev–Trinajstić information content (AvgIpc) is 2.37. The van der Waals surface area contributed by atoms with Gasteiger partial charge in [0.1, 0.15) is 5.69 Å². The van der Waals surface area contributed by atoms with Crippen molar-refractivity contribution >= 4 is 17.1 Å². The fourth-order valence-corrected chi connectivity index (χ4v) is 1.72. The molecular formula is C16H19N3. The van der Waals surface area contributed by atoms with E-state index in [4.69, 9.17) is 5.73 Å². The van der Waals surface area contributed by atoms with Crippen molar-refractivity contribution in [1.82, 2.24) is 0 Å². The van der Waals surface area contributed by atoms with Crippen molar-refractivity contribution in [3.63, 3.8) is 0 Å². The molecule has 0 bridgehead atoms. The molecule has 0 radical (unpaired) electrons. The molecule has 98 valence electrons. The molecule has 2 N–H and O–H groups in total. The van der Waals surface area contributed by atoms with Crippen molar-refractivity contribution in [3.05, 3.63) is 54.1 Å². The zero-order valence-electron chi connectivity index (χ0n) is 11.6. The van der Waals surface area contributed by atoms with E-state index in [0.717, 1.165) is 5.69 Å². The second kappa shape index (κ2) is 5.22. The number of para-hydroxylation sites is 1. The van der Waals surface area contributed by atoms with E-state index in [1.807, 2.05) is 36.4 Å². The van der Waals surface area contributed by atoms with Crippen molar-refractivity contribution in [2.24, 2.45) is 10.2 Å². The van der Waals surface area contributed by atoms with E-state index >= 15 is 0 Å². The molecule has 0 aliphatic rings. The van der Waals surface area contributed by atoms with E-state index in [0.29, 0.717) is 11.4 Å². The minimum atomic E-state index is 0.152. The van der Waals surface area contributed by atoms with Gasteiger partial charge in [-0.2, -0.15) is 5.11 Å². The summed E-state index contributed by atoms with van der Waals surface area (Å²) in [5.41, 5.74) is 9.41. The zero-order valence-corrected chi connectivity index (χ0v) is 11.6. The molecule has 0 saturated carbocycles. The number of nitrogens with two attached hydrogens (primary N) is 1. The minimum Gasteiger partial charge on any atom is -0.397 e. The molecule has 0 heterocycles. The molecule has 2 aromatic carbocycles. The number of benzene rings is 2. The fourth-order valence-electron chi connectivity index (χ4n) is 1.72. The molecule has 0 amide bonds. The Balaban J connectivity index is 2.19. The summed E-state index contributed by atoms with van der Waals surface area (Å²) in [6, 6.07) is 15.6. The first-order chi connectivity index (χ1) is 8.97. The Labute approximate surface area is 114 Å². The second-order valence-corrected chi connectivity index (χ2v) is 5.56. The summed E-state index contributed by atoms with van der Waals surface area (Å²) in [5.74, 6) is 0. The van der Waals surface area contributed by atoms with Crippen LogP contribution < -0.4 is 5.73 Å². The van der Waals surface area contributed by atoms with Crippen molar-refractivity contribution in [1.29, 1.82) is 0 Å². The molecule has 3 nitrogen and oxygen atoms in total. The first-order valence-corrected chi connectivity index (χ1v) is 6.33. The van der Waals surface area contributed by atoms with Gasteiger partial charge in [-0.15, -0.1) is 5.11 Å².